The van der Waals surface area contributed by atoms with E-state index in [0.717, 1.165) is 29.0 Å². The van der Waals surface area contributed by atoms with Crippen LogP contribution >= 0.6 is 23.6 Å². The van der Waals surface area contributed by atoms with E-state index in [0.29, 0.717) is 22.7 Å². The molecule has 0 amide bonds. The number of aromatic hydroxyl groups is 1. The molecule has 114 valence electrons. The third-order valence-corrected chi connectivity index (χ3v) is 4.27. The zero-order chi connectivity index (χ0) is 15.2. The van der Waals surface area contributed by atoms with Crippen molar-refractivity contribution < 1.29 is 14.6 Å². The van der Waals surface area contributed by atoms with Gasteiger partial charge in [0.05, 0.1) is 18.6 Å². The lowest BCUT2D eigenvalue weighted by molar-refractivity contribution is 0.288. The smallest absolute Gasteiger partial charge is 0.203 e. The second-order valence-electron chi connectivity index (χ2n) is 4.65. The number of aromatic amines is 1. The van der Waals surface area contributed by atoms with Crippen molar-refractivity contribution in [3.8, 4) is 17.4 Å². The Labute approximate surface area is 133 Å². The van der Waals surface area contributed by atoms with Crippen molar-refractivity contribution in [2.45, 2.75) is 26.2 Å². The summed E-state index contributed by atoms with van der Waals surface area (Å²) in [5, 5.41) is 9.75. The van der Waals surface area contributed by atoms with Gasteiger partial charge in [-0.05, 0) is 36.3 Å². The molecule has 0 bridgehead atoms. The monoisotopic (exact) mass is 325 g/mol. The van der Waals surface area contributed by atoms with E-state index < -0.39 is 0 Å². The Morgan fingerprint density at radius 2 is 2.14 bits per heavy atom. The van der Waals surface area contributed by atoms with Gasteiger partial charge in [-0.2, -0.15) is 0 Å². The van der Waals surface area contributed by atoms with E-state index >= 15 is 0 Å². The van der Waals surface area contributed by atoms with E-state index in [1.54, 1.807) is 7.11 Å². The van der Waals surface area contributed by atoms with Crippen LogP contribution in [0, 0.1) is 3.95 Å². The molecule has 6 heteroatoms. The zero-order valence-electron chi connectivity index (χ0n) is 12.1. The predicted octanol–water partition coefficient (Wildman–Crippen LogP) is 4.29. The van der Waals surface area contributed by atoms with Gasteiger partial charge in [-0.15, -0.1) is 11.3 Å². The van der Waals surface area contributed by atoms with Gasteiger partial charge in [0.1, 0.15) is 0 Å². The topological polar surface area (TPSA) is 54.5 Å². The molecule has 0 aliphatic carbocycles. The van der Waals surface area contributed by atoms with Crippen LogP contribution < -0.4 is 9.47 Å². The van der Waals surface area contributed by atoms with Gasteiger partial charge in [-0.1, -0.05) is 19.4 Å². The van der Waals surface area contributed by atoms with E-state index in [1.807, 2.05) is 18.2 Å². The van der Waals surface area contributed by atoms with Gasteiger partial charge in [0, 0.05) is 6.42 Å². The molecule has 0 aliphatic rings. The van der Waals surface area contributed by atoms with Gasteiger partial charge in [0.2, 0.25) is 5.88 Å². The summed E-state index contributed by atoms with van der Waals surface area (Å²) in [4.78, 5) is 3.56. The van der Waals surface area contributed by atoms with Crippen molar-refractivity contribution >= 4 is 23.6 Å². The van der Waals surface area contributed by atoms with Crippen molar-refractivity contribution in [2.24, 2.45) is 0 Å². The summed E-state index contributed by atoms with van der Waals surface area (Å²) >= 11 is 6.40. The molecule has 21 heavy (non-hydrogen) atoms. The average molecular weight is 325 g/mol. The van der Waals surface area contributed by atoms with Crippen LogP contribution in [-0.2, 0) is 6.42 Å². The Balaban J connectivity index is 2.14. The highest BCUT2D eigenvalue weighted by atomic mass is 32.1. The van der Waals surface area contributed by atoms with E-state index in [1.165, 1.54) is 11.3 Å². The average Bonchev–Trinajstić information content (AvgIpc) is 2.78. The number of hydrogen-bond donors (Lipinski definition) is 2. The second kappa shape index (κ2) is 7.47. The fraction of sp³-hybridized carbons (Fsp3) is 0.400. The first kappa shape index (κ1) is 15.9. The van der Waals surface area contributed by atoms with Gasteiger partial charge in [0.25, 0.3) is 0 Å². The standard InChI is InChI=1S/C15H19NO3S2/c1-3-4-7-19-11-6-5-10(8-12(11)18-2)9-13-14(17)16-15(20)21-13/h5-6,8,17H,3-4,7,9H2,1-2H3,(H,16,20). The minimum absolute atomic E-state index is 0.146. The van der Waals surface area contributed by atoms with Crippen LogP contribution in [0.3, 0.4) is 0 Å². The molecule has 0 aliphatic heterocycles. The molecular formula is C15H19NO3S2. The highest BCUT2D eigenvalue weighted by Gasteiger charge is 2.10. The van der Waals surface area contributed by atoms with Gasteiger partial charge < -0.3 is 19.6 Å². The Hall–Kier alpha value is -1.53. The van der Waals surface area contributed by atoms with Gasteiger partial charge >= 0.3 is 0 Å². The number of aromatic nitrogens is 1. The minimum atomic E-state index is 0.146. The highest BCUT2D eigenvalue weighted by Crippen LogP contribution is 2.31. The predicted molar refractivity (Wildman–Crippen MR) is 87.4 cm³/mol. The number of benzene rings is 1. The van der Waals surface area contributed by atoms with Crippen LogP contribution in [-0.4, -0.2) is 23.8 Å². The number of nitrogens with one attached hydrogen (secondary N) is 1. The first-order valence-corrected chi connectivity index (χ1v) is 8.07. The SMILES string of the molecule is CCCCOc1ccc(Cc2sc(=S)[nH]c2O)cc1OC. The normalized spacial score (nSPS) is 10.6. The van der Waals surface area contributed by atoms with Gasteiger partial charge in [-0.3, -0.25) is 0 Å². The molecule has 0 radical (unpaired) electrons. The van der Waals surface area contributed by atoms with Gasteiger partial charge in [-0.25, -0.2) is 0 Å². The number of unbranched alkanes of at least 4 members (excludes halogenated alkanes) is 1. The summed E-state index contributed by atoms with van der Waals surface area (Å²) in [6, 6.07) is 5.82. The molecule has 0 saturated heterocycles. The van der Waals surface area contributed by atoms with E-state index in [2.05, 4.69) is 11.9 Å². The van der Waals surface area contributed by atoms with E-state index in [9.17, 15) is 5.11 Å². The number of hydrogen-bond acceptors (Lipinski definition) is 5. The number of H-pyrrole nitrogens is 1. The number of rotatable bonds is 7. The Morgan fingerprint density at radius 3 is 2.76 bits per heavy atom. The molecule has 2 rings (SSSR count). The lowest BCUT2D eigenvalue weighted by atomic mass is 10.1. The van der Waals surface area contributed by atoms with Crippen LogP contribution in [0.5, 0.6) is 17.4 Å². The summed E-state index contributed by atoms with van der Waals surface area (Å²) in [7, 11) is 1.63. The maximum atomic E-state index is 9.75. The number of ether oxygens (including phenoxy) is 2. The minimum Gasteiger partial charge on any atom is -0.494 e. The van der Waals surface area contributed by atoms with Crippen molar-refractivity contribution in [3.63, 3.8) is 0 Å². The van der Waals surface area contributed by atoms with Crippen LogP contribution in [0.2, 0.25) is 0 Å². The summed E-state index contributed by atoms with van der Waals surface area (Å²) in [5.41, 5.74) is 1.04. The maximum Gasteiger partial charge on any atom is 0.203 e. The number of thiazole rings is 1. The Morgan fingerprint density at radius 1 is 1.33 bits per heavy atom. The summed E-state index contributed by atoms with van der Waals surface area (Å²) in [5.74, 6) is 1.61. The lowest BCUT2D eigenvalue weighted by Crippen LogP contribution is -1.99. The molecule has 4 nitrogen and oxygen atoms in total. The molecule has 1 aromatic heterocycles. The molecule has 0 spiro atoms. The van der Waals surface area contributed by atoms with E-state index in [4.69, 9.17) is 21.7 Å². The van der Waals surface area contributed by atoms with E-state index in [-0.39, 0.29) is 5.88 Å². The van der Waals surface area contributed by atoms with Crippen molar-refractivity contribution in [3.05, 3.63) is 32.6 Å². The summed E-state index contributed by atoms with van der Waals surface area (Å²) < 4.78 is 11.7. The molecule has 1 heterocycles. The molecule has 0 saturated carbocycles. The quantitative estimate of drug-likeness (QED) is 0.589. The van der Waals surface area contributed by atoms with Crippen LogP contribution in [0.15, 0.2) is 18.2 Å². The summed E-state index contributed by atoms with van der Waals surface area (Å²) in [6.45, 7) is 2.81. The fourth-order valence-electron chi connectivity index (χ4n) is 1.93. The maximum absolute atomic E-state index is 9.75. The molecule has 0 fully saturated rings. The molecule has 0 atom stereocenters. The zero-order valence-corrected chi connectivity index (χ0v) is 13.8. The van der Waals surface area contributed by atoms with Crippen LogP contribution in [0.25, 0.3) is 0 Å². The number of methoxy groups -OCH3 is 1. The molecule has 0 unspecified atom stereocenters. The largest absolute Gasteiger partial charge is 0.494 e. The molecule has 1 aromatic carbocycles. The second-order valence-corrected chi connectivity index (χ2v) is 6.42. The first-order valence-electron chi connectivity index (χ1n) is 6.84. The fourth-order valence-corrected chi connectivity index (χ4v) is 3.08. The van der Waals surface area contributed by atoms with Crippen LogP contribution in [0.4, 0.5) is 0 Å². The first-order chi connectivity index (χ1) is 10.1. The third kappa shape index (κ3) is 4.22. The third-order valence-electron chi connectivity index (χ3n) is 3.05. The summed E-state index contributed by atoms with van der Waals surface area (Å²) in [6.07, 6.45) is 2.72. The highest BCUT2D eigenvalue weighted by molar-refractivity contribution is 7.73. The molecule has 2 N–H and O–H groups in total. The van der Waals surface area contributed by atoms with Crippen molar-refractivity contribution in [1.82, 2.24) is 4.98 Å². The molecule has 2 aromatic rings. The van der Waals surface area contributed by atoms with Gasteiger partial charge in [0.15, 0.2) is 15.5 Å². The Kier molecular flexibility index (Phi) is 5.64. The Bertz CT molecular complexity index is 649. The van der Waals surface area contributed by atoms with Crippen molar-refractivity contribution in [1.29, 1.82) is 0 Å². The van der Waals surface area contributed by atoms with Crippen LogP contribution in [0.1, 0.15) is 30.2 Å². The lowest BCUT2D eigenvalue weighted by Gasteiger charge is -2.11. The molecular weight excluding hydrogens is 306 g/mol. The van der Waals surface area contributed by atoms with Crippen molar-refractivity contribution in [2.75, 3.05) is 13.7 Å².